The summed E-state index contributed by atoms with van der Waals surface area (Å²) in [5.41, 5.74) is -3.38. The molecule has 0 aliphatic heterocycles. The van der Waals surface area contributed by atoms with Crippen molar-refractivity contribution in [2.24, 2.45) is 5.10 Å². The van der Waals surface area contributed by atoms with Gasteiger partial charge in [0.05, 0.1) is 11.1 Å². The highest BCUT2D eigenvalue weighted by molar-refractivity contribution is 6.33. The van der Waals surface area contributed by atoms with Gasteiger partial charge in [0.25, 0.3) is 5.69 Å². The Balaban J connectivity index is 2.41. The van der Waals surface area contributed by atoms with Crippen molar-refractivity contribution in [3.63, 3.8) is 0 Å². The maximum atomic E-state index is 13.7. The molecule has 0 saturated heterocycles. The van der Waals surface area contributed by atoms with E-state index >= 15 is 0 Å². The number of benzene rings is 2. The Labute approximate surface area is 150 Å². The van der Waals surface area contributed by atoms with Crippen LogP contribution in [0.3, 0.4) is 0 Å². The summed E-state index contributed by atoms with van der Waals surface area (Å²) >= 11 is 5.73. The van der Waals surface area contributed by atoms with Gasteiger partial charge >= 0.3 is 6.18 Å². The van der Waals surface area contributed by atoms with Crippen LogP contribution in [0.4, 0.5) is 42.1 Å². The third-order valence-electron chi connectivity index (χ3n) is 3.12. The van der Waals surface area contributed by atoms with Crippen LogP contribution in [0.25, 0.3) is 0 Å². The number of alkyl halides is 3. The van der Waals surface area contributed by atoms with Crippen molar-refractivity contribution in [2.45, 2.75) is 6.18 Å². The number of anilines is 1. The summed E-state index contributed by atoms with van der Waals surface area (Å²) in [6.07, 6.45) is -4.96. The molecule has 0 saturated carbocycles. The highest BCUT2D eigenvalue weighted by Gasteiger charge is 2.42. The van der Waals surface area contributed by atoms with Gasteiger partial charge in [-0.05, 0) is 6.07 Å². The molecular weight excluding hydrogens is 411 g/mol. The molecule has 1 N–H and O–H groups in total. The van der Waals surface area contributed by atoms with E-state index in [0.29, 0.717) is 6.21 Å². The monoisotopic (exact) mass is 415 g/mol. The lowest BCUT2D eigenvalue weighted by Gasteiger charge is -2.13. The zero-order chi connectivity index (χ0) is 20.5. The van der Waals surface area contributed by atoms with E-state index in [2.05, 4.69) is 5.10 Å². The predicted octanol–water partition coefficient (Wildman–Crippen LogP) is 5.27. The molecule has 5 nitrogen and oxygen atoms in total. The molecule has 0 spiro atoms. The maximum Gasteiger partial charge on any atom is 0.422 e. The van der Waals surface area contributed by atoms with Gasteiger partial charge in [-0.2, -0.15) is 18.3 Å². The van der Waals surface area contributed by atoms with Crippen LogP contribution in [0, 0.1) is 33.4 Å². The molecule has 0 aliphatic carbocycles. The molecule has 2 aromatic carbocycles. The van der Waals surface area contributed by atoms with E-state index in [9.17, 15) is 40.8 Å². The Morgan fingerprint density at radius 2 is 1.63 bits per heavy atom. The number of hydrogen-bond donors (Lipinski definition) is 1. The van der Waals surface area contributed by atoms with E-state index in [1.54, 1.807) is 0 Å². The zero-order valence-electron chi connectivity index (χ0n) is 12.5. The first-order chi connectivity index (χ1) is 12.4. The van der Waals surface area contributed by atoms with Gasteiger partial charge in [0, 0.05) is 22.7 Å². The van der Waals surface area contributed by atoms with Gasteiger partial charge in [-0.3, -0.25) is 15.5 Å². The highest BCUT2D eigenvalue weighted by Crippen LogP contribution is 2.38. The smallest absolute Gasteiger partial charge is 0.272 e. The number of nitro groups is 1. The van der Waals surface area contributed by atoms with Gasteiger partial charge in [0.2, 0.25) is 0 Å². The number of rotatable bonds is 4. The predicted molar refractivity (Wildman–Crippen MR) is 80.6 cm³/mol. The van der Waals surface area contributed by atoms with Crippen LogP contribution in [0.15, 0.2) is 23.3 Å². The molecule has 0 radical (unpaired) electrons. The second-order valence-electron chi connectivity index (χ2n) is 4.84. The Morgan fingerprint density at radius 1 is 1.07 bits per heavy atom. The molecule has 0 aromatic heterocycles. The van der Waals surface area contributed by atoms with Crippen molar-refractivity contribution in [3.05, 3.63) is 67.7 Å². The fourth-order valence-electron chi connectivity index (χ4n) is 1.89. The summed E-state index contributed by atoms with van der Waals surface area (Å²) in [6.45, 7) is 0. The molecule has 0 unspecified atom stereocenters. The minimum absolute atomic E-state index is 0.0723. The minimum Gasteiger partial charge on any atom is -0.272 e. The third-order valence-corrected chi connectivity index (χ3v) is 3.46. The summed E-state index contributed by atoms with van der Waals surface area (Å²) in [6, 6.07) is 3.08. The van der Waals surface area contributed by atoms with Gasteiger partial charge in [0.1, 0.15) is 11.3 Å². The molecule has 2 aromatic rings. The van der Waals surface area contributed by atoms with E-state index in [0.717, 1.165) is 18.2 Å². The number of nitrogens with zero attached hydrogens (tertiary/aromatic N) is 2. The minimum atomic E-state index is -5.67. The van der Waals surface area contributed by atoms with Crippen molar-refractivity contribution >= 4 is 29.2 Å². The number of hydrogen-bond acceptors (Lipinski definition) is 4. The van der Waals surface area contributed by atoms with Crippen LogP contribution >= 0.6 is 11.6 Å². The normalized spacial score (nSPS) is 11.9. The number of nitro benzene ring substituents is 1. The first-order valence-corrected chi connectivity index (χ1v) is 6.99. The Bertz CT molecular complexity index is 918. The molecule has 0 aliphatic rings. The van der Waals surface area contributed by atoms with E-state index in [-0.39, 0.29) is 10.6 Å². The van der Waals surface area contributed by atoms with Crippen LogP contribution < -0.4 is 5.43 Å². The number of non-ortho nitro benzene ring substituents is 1. The molecule has 0 bridgehead atoms. The van der Waals surface area contributed by atoms with Crippen LogP contribution in [-0.4, -0.2) is 11.1 Å². The lowest BCUT2D eigenvalue weighted by atomic mass is 10.1. The summed E-state index contributed by atoms with van der Waals surface area (Å²) in [5, 5.41) is 13.8. The number of nitrogens with one attached hydrogen (secondary N) is 1. The molecule has 27 heavy (non-hydrogen) atoms. The number of hydrazone groups is 1. The Kier molecular flexibility index (Phi) is 5.59. The summed E-state index contributed by atoms with van der Waals surface area (Å²) in [5.74, 6) is -10.0. The van der Waals surface area contributed by atoms with E-state index in [1.807, 2.05) is 0 Å². The van der Waals surface area contributed by atoms with Crippen LogP contribution in [0.1, 0.15) is 11.1 Å². The van der Waals surface area contributed by atoms with Gasteiger partial charge in [-0.1, -0.05) is 11.6 Å². The van der Waals surface area contributed by atoms with Crippen LogP contribution in [0.2, 0.25) is 5.02 Å². The largest absolute Gasteiger partial charge is 0.422 e. The van der Waals surface area contributed by atoms with Crippen molar-refractivity contribution < 1.29 is 35.7 Å². The lowest BCUT2D eigenvalue weighted by molar-refractivity contribution is -0.384. The second-order valence-corrected chi connectivity index (χ2v) is 5.24. The van der Waals surface area contributed by atoms with Crippen molar-refractivity contribution in [3.8, 4) is 0 Å². The average Bonchev–Trinajstić information content (AvgIpc) is 2.56. The Hall–Kier alpha value is -2.89. The molecule has 0 atom stereocenters. The van der Waals surface area contributed by atoms with Crippen molar-refractivity contribution in [1.82, 2.24) is 0 Å². The van der Waals surface area contributed by atoms with E-state index in [4.69, 9.17) is 11.6 Å². The first kappa shape index (κ1) is 20.4. The molecule has 144 valence electrons. The highest BCUT2D eigenvalue weighted by atomic mass is 35.5. The zero-order valence-corrected chi connectivity index (χ0v) is 13.3. The van der Waals surface area contributed by atoms with Crippen molar-refractivity contribution in [1.29, 1.82) is 0 Å². The van der Waals surface area contributed by atoms with E-state index in [1.165, 1.54) is 5.43 Å². The van der Waals surface area contributed by atoms with Gasteiger partial charge in [-0.25, -0.2) is 17.6 Å². The third kappa shape index (κ3) is 4.10. The van der Waals surface area contributed by atoms with Crippen LogP contribution in [0.5, 0.6) is 0 Å². The fraction of sp³-hybridized carbons (Fsp3) is 0.0714. The molecule has 2 rings (SSSR count). The Morgan fingerprint density at radius 3 is 2.11 bits per heavy atom. The molecule has 0 amide bonds. The maximum absolute atomic E-state index is 13.7. The first-order valence-electron chi connectivity index (χ1n) is 6.61. The quantitative estimate of drug-likeness (QED) is 0.243. The molecule has 13 heteroatoms. The van der Waals surface area contributed by atoms with Gasteiger partial charge in [-0.15, -0.1) is 0 Å². The summed E-state index contributed by atoms with van der Waals surface area (Å²) in [7, 11) is 0. The van der Waals surface area contributed by atoms with E-state index < -0.39 is 51.3 Å². The van der Waals surface area contributed by atoms with Gasteiger partial charge < -0.3 is 0 Å². The molecular formula is C14H5ClF7N3O2. The van der Waals surface area contributed by atoms with Crippen molar-refractivity contribution in [2.75, 3.05) is 5.43 Å². The summed E-state index contributed by atoms with van der Waals surface area (Å²) < 4.78 is 91.7. The second kappa shape index (κ2) is 7.39. The standard InChI is InChI=1S/C14H5ClF7N3O2/c15-7-2-1-6(25(26)27)3-5(7)4-23-24-13-11(18)9(16)8(14(20,21)22)10(17)12(13)19/h1-4,24H. The fourth-order valence-corrected chi connectivity index (χ4v) is 2.06. The summed E-state index contributed by atoms with van der Waals surface area (Å²) in [4.78, 5) is 9.89. The van der Waals surface area contributed by atoms with Gasteiger partial charge in [0.15, 0.2) is 23.3 Å². The lowest BCUT2D eigenvalue weighted by Crippen LogP contribution is -2.16. The average molecular weight is 416 g/mol. The topological polar surface area (TPSA) is 67.5 Å². The molecule has 0 heterocycles. The number of halogens is 8. The molecule has 0 fully saturated rings. The van der Waals surface area contributed by atoms with Crippen LogP contribution in [-0.2, 0) is 6.18 Å². The SMILES string of the molecule is O=[N+]([O-])c1ccc(Cl)c(C=NNc2c(F)c(F)c(C(F)(F)F)c(F)c2F)c1.